The molecule has 0 aliphatic carbocycles. The van der Waals surface area contributed by atoms with Crippen molar-refractivity contribution in [2.45, 2.75) is 26.1 Å². The van der Waals surface area contributed by atoms with Gasteiger partial charge in [-0.25, -0.2) is 8.78 Å². The summed E-state index contributed by atoms with van der Waals surface area (Å²) in [6, 6.07) is 11.7. The molecule has 0 aliphatic heterocycles. The van der Waals surface area contributed by atoms with Gasteiger partial charge in [0.2, 0.25) is 0 Å². The van der Waals surface area contributed by atoms with E-state index in [-0.39, 0.29) is 30.4 Å². The van der Waals surface area contributed by atoms with Gasteiger partial charge < -0.3 is 14.6 Å². The smallest absolute Gasteiger partial charge is 0.123 e. The highest BCUT2D eigenvalue weighted by molar-refractivity contribution is 9.93. The maximum absolute atomic E-state index is 12.4. The van der Waals surface area contributed by atoms with Crippen LogP contribution in [0.4, 0.5) is 8.78 Å². The molecule has 2 rings (SSSR count). The summed E-state index contributed by atoms with van der Waals surface area (Å²) in [5.41, 5.74) is 0. The summed E-state index contributed by atoms with van der Waals surface area (Å²) in [5.74, 6) is 0.731. The molecule has 0 spiro atoms. The van der Waals surface area contributed by atoms with Crippen LogP contribution in [0, 0.1) is 11.6 Å². The zero-order valence-corrected chi connectivity index (χ0v) is 19.1. The first-order chi connectivity index (χ1) is 12.4. The van der Waals surface area contributed by atoms with E-state index in [0.29, 0.717) is 11.5 Å². The number of benzene rings is 2. The molecule has 0 amide bonds. The number of hydrogen-bond donors (Lipinski definition) is 1. The molecule has 0 aromatic heterocycles. The first kappa shape index (κ1) is 25.3. The Bertz CT molecular complexity index is 530. The molecule has 0 unspecified atom stereocenters. The van der Waals surface area contributed by atoms with Gasteiger partial charge >= 0.3 is 0 Å². The molecular formula is C18H21Br3F2O3. The molecule has 3 nitrogen and oxygen atoms in total. The molecule has 2 aromatic carbocycles. The molecule has 2 atom stereocenters. The Balaban J connectivity index is 0.000000439. The molecule has 0 fully saturated rings. The molecule has 8 heteroatoms. The van der Waals surface area contributed by atoms with E-state index in [1.807, 2.05) is 6.92 Å². The third-order valence-corrected chi connectivity index (χ3v) is 3.69. The van der Waals surface area contributed by atoms with E-state index in [1.165, 1.54) is 36.4 Å². The summed E-state index contributed by atoms with van der Waals surface area (Å²) in [4.78, 5) is 0. The lowest BCUT2D eigenvalue weighted by Crippen LogP contribution is -2.15. The minimum atomic E-state index is -0.293. The molecule has 0 bridgehead atoms. The summed E-state index contributed by atoms with van der Waals surface area (Å²) in [5, 5.41) is 9.42. The number of ether oxygens (including phenoxy) is 2. The quantitative estimate of drug-likeness (QED) is 0.422. The van der Waals surface area contributed by atoms with Gasteiger partial charge in [-0.15, -0.1) is 0 Å². The Kier molecular flexibility index (Phi) is 15.0. The summed E-state index contributed by atoms with van der Waals surface area (Å²) in [7, 11) is 0. The second-order valence-corrected chi connectivity index (χ2v) is 5.75. The molecule has 0 saturated carbocycles. The van der Waals surface area contributed by atoms with Crippen LogP contribution in [-0.4, -0.2) is 29.3 Å². The van der Waals surface area contributed by atoms with Crippen LogP contribution in [0.2, 0.25) is 0 Å². The first-order valence-corrected chi connectivity index (χ1v) is 12.4. The van der Waals surface area contributed by atoms with Crippen LogP contribution in [0.3, 0.4) is 0 Å². The summed E-state index contributed by atoms with van der Waals surface area (Å²) >= 11 is 8.79. The lowest BCUT2D eigenvalue weighted by Gasteiger charge is -2.10. The van der Waals surface area contributed by atoms with Crippen LogP contribution in [0.5, 0.6) is 11.5 Å². The molecule has 146 valence electrons. The standard InChI is InChI=1S/C9H10BrFO.C9H11FO2.Br2/c1-7(6-10)12-9-4-2-8(11)3-5-9;1-7(6-11)12-9-4-2-8(10)3-5-9;1-2/h2-5,7H,6H2,1H3;2-5,7,11H,6H2,1H3;/t2*7-;/m11./s1. The van der Waals surface area contributed by atoms with E-state index < -0.39 is 0 Å². The van der Waals surface area contributed by atoms with E-state index in [2.05, 4.69) is 44.2 Å². The summed E-state index contributed by atoms with van der Waals surface area (Å²) in [6.07, 6.45) is -0.147. The van der Waals surface area contributed by atoms with Crippen LogP contribution in [0.25, 0.3) is 0 Å². The highest BCUT2D eigenvalue weighted by Gasteiger charge is 2.01. The van der Waals surface area contributed by atoms with Crippen LogP contribution in [0.1, 0.15) is 13.8 Å². The van der Waals surface area contributed by atoms with E-state index in [1.54, 1.807) is 19.1 Å². The van der Waals surface area contributed by atoms with Crippen LogP contribution >= 0.6 is 44.2 Å². The highest BCUT2D eigenvalue weighted by atomic mass is 80.9. The third-order valence-electron chi connectivity index (χ3n) is 2.78. The number of alkyl halides is 1. The maximum Gasteiger partial charge on any atom is 0.123 e. The van der Waals surface area contributed by atoms with E-state index in [0.717, 1.165) is 5.33 Å². The number of aliphatic hydroxyl groups excluding tert-OH is 1. The van der Waals surface area contributed by atoms with Gasteiger partial charge in [0.1, 0.15) is 35.3 Å². The van der Waals surface area contributed by atoms with Crippen molar-refractivity contribution in [3.63, 3.8) is 0 Å². The van der Waals surface area contributed by atoms with Gasteiger partial charge in [0.15, 0.2) is 0 Å². The Morgan fingerprint density at radius 2 is 1.15 bits per heavy atom. The van der Waals surface area contributed by atoms with Crippen molar-refractivity contribution in [3.05, 3.63) is 60.2 Å². The van der Waals surface area contributed by atoms with Gasteiger partial charge in [0.05, 0.1) is 6.61 Å². The van der Waals surface area contributed by atoms with Gasteiger partial charge in [0.25, 0.3) is 0 Å². The molecule has 26 heavy (non-hydrogen) atoms. The molecular weight excluding hydrogens is 542 g/mol. The van der Waals surface area contributed by atoms with Crippen molar-refractivity contribution in [1.82, 2.24) is 0 Å². The third kappa shape index (κ3) is 11.8. The zero-order chi connectivity index (χ0) is 19.9. The minimum Gasteiger partial charge on any atom is -0.490 e. The highest BCUT2D eigenvalue weighted by Crippen LogP contribution is 2.13. The normalized spacial score (nSPS) is 11.8. The van der Waals surface area contributed by atoms with Crippen molar-refractivity contribution in [2.75, 3.05) is 11.9 Å². The fraction of sp³-hybridized carbons (Fsp3) is 0.333. The van der Waals surface area contributed by atoms with Gasteiger partial charge in [-0.05, 0) is 62.4 Å². The number of rotatable bonds is 6. The zero-order valence-electron chi connectivity index (χ0n) is 14.3. The summed E-state index contributed by atoms with van der Waals surface area (Å²) in [6.45, 7) is 3.64. The second-order valence-electron chi connectivity index (χ2n) is 5.10. The Hall–Kier alpha value is -0.700. The summed E-state index contributed by atoms with van der Waals surface area (Å²) < 4.78 is 35.4. The molecule has 0 saturated heterocycles. The van der Waals surface area contributed by atoms with Crippen molar-refractivity contribution in [1.29, 1.82) is 0 Å². The number of aliphatic hydroxyl groups is 1. The average Bonchev–Trinajstić information content (AvgIpc) is 2.67. The predicted molar refractivity (Wildman–Crippen MR) is 112 cm³/mol. The topological polar surface area (TPSA) is 38.7 Å². The van der Waals surface area contributed by atoms with Gasteiger partial charge in [-0.3, -0.25) is 0 Å². The lowest BCUT2D eigenvalue weighted by atomic mass is 10.3. The van der Waals surface area contributed by atoms with E-state index in [4.69, 9.17) is 14.6 Å². The van der Waals surface area contributed by atoms with Crippen LogP contribution in [-0.2, 0) is 0 Å². The van der Waals surface area contributed by atoms with Gasteiger partial charge in [0, 0.05) is 33.6 Å². The fourth-order valence-corrected chi connectivity index (χ4v) is 1.69. The van der Waals surface area contributed by atoms with Crippen molar-refractivity contribution in [2.24, 2.45) is 0 Å². The Morgan fingerprint density at radius 1 is 0.808 bits per heavy atom. The fourth-order valence-electron chi connectivity index (χ4n) is 1.56. The maximum atomic E-state index is 12.4. The van der Waals surface area contributed by atoms with Gasteiger partial charge in [-0.2, -0.15) is 0 Å². The average molecular weight is 563 g/mol. The van der Waals surface area contributed by atoms with Crippen molar-refractivity contribution >= 4 is 44.2 Å². The van der Waals surface area contributed by atoms with E-state index >= 15 is 0 Å². The SMILES string of the molecule is BrBr.C[C@H](CBr)Oc1ccc(F)cc1.C[C@H](CO)Oc1ccc(F)cc1. The molecule has 0 heterocycles. The number of halogens is 5. The second kappa shape index (κ2) is 15.4. The Labute approximate surface area is 176 Å². The van der Waals surface area contributed by atoms with Gasteiger partial charge in [-0.1, -0.05) is 15.9 Å². The largest absolute Gasteiger partial charge is 0.490 e. The van der Waals surface area contributed by atoms with Crippen molar-refractivity contribution in [3.8, 4) is 11.5 Å². The molecule has 1 N–H and O–H groups in total. The first-order valence-electron chi connectivity index (χ1n) is 7.60. The Morgan fingerprint density at radius 3 is 1.46 bits per heavy atom. The molecule has 0 aliphatic rings. The monoisotopic (exact) mass is 560 g/mol. The van der Waals surface area contributed by atoms with Crippen LogP contribution < -0.4 is 9.47 Å². The number of hydrogen-bond acceptors (Lipinski definition) is 3. The molecule has 0 radical (unpaired) electrons. The van der Waals surface area contributed by atoms with Crippen molar-refractivity contribution < 1.29 is 23.4 Å². The van der Waals surface area contributed by atoms with E-state index in [9.17, 15) is 8.78 Å². The minimum absolute atomic E-state index is 0.0443. The lowest BCUT2D eigenvalue weighted by molar-refractivity contribution is 0.129. The predicted octanol–water partition coefficient (Wildman–Crippen LogP) is 6.26. The molecule has 2 aromatic rings. The van der Waals surface area contributed by atoms with Crippen LogP contribution in [0.15, 0.2) is 48.5 Å².